The summed E-state index contributed by atoms with van der Waals surface area (Å²) in [5.41, 5.74) is 2.29. The zero-order valence-electron chi connectivity index (χ0n) is 11.9. The van der Waals surface area contributed by atoms with E-state index in [2.05, 4.69) is 65.8 Å². The van der Waals surface area contributed by atoms with Gasteiger partial charge in [0.2, 0.25) is 0 Å². The van der Waals surface area contributed by atoms with Crippen LogP contribution in [0.5, 0.6) is 5.75 Å². The predicted octanol–water partition coefficient (Wildman–Crippen LogP) is 4.84. The van der Waals surface area contributed by atoms with E-state index in [0.29, 0.717) is 0 Å². The van der Waals surface area contributed by atoms with Crippen molar-refractivity contribution in [2.45, 2.75) is 47.1 Å². The number of rotatable bonds is 0. The summed E-state index contributed by atoms with van der Waals surface area (Å²) in [6, 6.07) is 6.26. The SMILES string of the molecule is CC(C)C.Cc1ccc2c(c1)C=CC(C)(C)O2. The van der Waals surface area contributed by atoms with Crippen LogP contribution in [0.2, 0.25) is 0 Å². The van der Waals surface area contributed by atoms with Crippen LogP contribution in [0.15, 0.2) is 24.3 Å². The van der Waals surface area contributed by atoms with Crippen molar-refractivity contribution in [2.24, 2.45) is 5.92 Å². The molecule has 17 heavy (non-hydrogen) atoms. The van der Waals surface area contributed by atoms with Gasteiger partial charge < -0.3 is 4.74 Å². The van der Waals surface area contributed by atoms with E-state index in [1.54, 1.807) is 0 Å². The van der Waals surface area contributed by atoms with Gasteiger partial charge in [-0.1, -0.05) is 38.5 Å². The molecule has 0 aromatic heterocycles. The second-order valence-corrected chi connectivity index (χ2v) is 5.81. The van der Waals surface area contributed by atoms with Crippen LogP contribution < -0.4 is 4.74 Å². The van der Waals surface area contributed by atoms with Crippen molar-refractivity contribution in [3.8, 4) is 5.75 Å². The Bertz CT molecular complexity index is 397. The topological polar surface area (TPSA) is 9.23 Å². The van der Waals surface area contributed by atoms with Crippen molar-refractivity contribution >= 4 is 6.08 Å². The first kappa shape index (κ1) is 13.8. The number of ether oxygens (including phenoxy) is 1. The summed E-state index contributed by atoms with van der Waals surface area (Å²) in [6.45, 7) is 12.7. The average molecular weight is 232 g/mol. The van der Waals surface area contributed by atoms with Gasteiger partial charge in [-0.2, -0.15) is 0 Å². The fourth-order valence-electron chi connectivity index (χ4n) is 1.50. The molecule has 0 N–H and O–H groups in total. The molecule has 1 aliphatic heterocycles. The maximum atomic E-state index is 5.79. The van der Waals surface area contributed by atoms with Crippen molar-refractivity contribution in [3.05, 3.63) is 35.4 Å². The number of fused-ring (bicyclic) bond motifs is 1. The van der Waals surface area contributed by atoms with Gasteiger partial charge in [0.15, 0.2) is 0 Å². The van der Waals surface area contributed by atoms with Crippen LogP contribution >= 0.6 is 0 Å². The van der Waals surface area contributed by atoms with Crippen LogP contribution in [-0.2, 0) is 0 Å². The van der Waals surface area contributed by atoms with Crippen molar-refractivity contribution in [3.63, 3.8) is 0 Å². The molecule has 0 spiro atoms. The summed E-state index contributed by atoms with van der Waals surface area (Å²) < 4.78 is 5.79. The highest BCUT2D eigenvalue weighted by Gasteiger charge is 2.20. The summed E-state index contributed by atoms with van der Waals surface area (Å²) in [6.07, 6.45) is 4.22. The predicted molar refractivity (Wildman–Crippen MR) is 75.4 cm³/mol. The number of hydrogen-bond acceptors (Lipinski definition) is 1. The Morgan fingerprint density at radius 1 is 1.12 bits per heavy atom. The first-order chi connectivity index (χ1) is 7.80. The molecule has 0 fully saturated rings. The molecule has 0 unspecified atom stereocenters. The second-order valence-electron chi connectivity index (χ2n) is 5.81. The van der Waals surface area contributed by atoms with Crippen LogP contribution in [0, 0.1) is 12.8 Å². The van der Waals surface area contributed by atoms with Crippen LogP contribution in [0.4, 0.5) is 0 Å². The lowest BCUT2D eigenvalue weighted by Crippen LogP contribution is -2.27. The van der Waals surface area contributed by atoms with E-state index < -0.39 is 0 Å². The molecule has 0 aliphatic carbocycles. The number of benzene rings is 1. The molecular weight excluding hydrogens is 208 g/mol. The van der Waals surface area contributed by atoms with Gasteiger partial charge in [0, 0.05) is 5.56 Å². The van der Waals surface area contributed by atoms with Gasteiger partial charge in [0.1, 0.15) is 11.4 Å². The van der Waals surface area contributed by atoms with Gasteiger partial charge in [0.25, 0.3) is 0 Å². The largest absolute Gasteiger partial charge is 0.483 e. The fraction of sp³-hybridized carbons (Fsp3) is 0.500. The third-order valence-corrected chi connectivity index (χ3v) is 2.20. The number of hydrogen-bond donors (Lipinski definition) is 0. The monoisotopic (exact) mass is 232 g/mol. The van der Waals surface area contributed by atoms with Crippen LogP contribution in [-0.4, -0.2) is 5.60 Å². The molecule has 0 amide bonds. The highest BCUT2D eigenvalue weighted by Crippen LogP contribution is 2.30. The average Bonchev–Trinajstić information content (AvgIpc) is 2.17. The minimum Gasteiger partial charge on any atom is -0.483 e. The lowest BCUT2D eigenvalue weighted by atomic mass is 10.0. The van der Waals surface area contributed by atoms with Crippen molar-refractivity contribution < 1.29 is 4.74 Å². The molecule has 0 atom stereocenters. The molecular formula is C16H24O. The fourth-order valence-corrected chi connectivity index (χ4v) is 1.50. The lowest BCUT2D eigenvalue weighted by Gasteiger charge is -2.27. The van der Waals surface area contributed by atoms with E-state index >= 15 is 0 Å². The lowest BCUT2D eigenvalue weighted by molar-refractivity contribution is 0.159. The molecule has 1 aromatic carbocycles. The molecule has 0 radical (unpaired) electrons. The summed E-state index contributed by atoms with van der Waals surface area (Å²) in [4.78, 5) is 0. The molecule has 1 nitrogen and oxygen atoms in total. The summed E-state index contributed by atoms with van der Waals surface area (Å²) >= 11 is 0. The highest BCUT2D eigenvalue weighted by molar-refractivity contribution is 5.61. The van der Waals surface area contributed by atoms with Crippen LogP contribution in [0.3, 0.4) is 0 Å². The van der Waals surface area contributed by atoms with Gasteiger partial charge in [0.05, 0.1) is 0 Å². The smallest absolute Gasteiger partial charge is 0.127 e. The Kier molecular flexibility index (Phi) is 4.39. The van der Waals surface area contributed by atoms with E-state index in [4.69, 9.17) is 4.74 Å². The van der Waals surface area contributed by atoms with Gasteiger partial charge in [-0.3, -0.25) is 0 Å². The van der Waals surface area contributed by atoms with Gasteiger partial charge in [-0.15, -0.1) is 0 Å². The van der Waals surface area contributed by atoms with Crippen molar-refractivity contribution in [1.82, 2.24) is 0 Å². The minimum absolute atomic E-state index is 0.164. The first-order valence-corrected chi connectivity index (χ1v) is 6.29. The molecule has 1 aromatic rings. The van der Waals surface area contributed by atoms with E-state index in [0.717, 1.165) is 11.7 Å². The van der Waals surface area contributed by atoms with Crippen LogP contribution in [0.1, 0.15) is 45.7 Å². The Labute approximate surface area is 106 Å². The molecule has 0 saturated heterocycles. The Morgan fingerprint density at radius 2 is 1.71 bits per heavy atom. The van der Waals surface area contributed by atoms with E-state index in [1.807, 2.05) is 6.07 Å². The minimum atomic E-state index is -0.164. The van der Waals surface area contributed by atoms with Crippen molar-refractivity contribution in [1.29, 1.82) is 0 Å². The Morgan fingerprint density at radius 3 is 2.29 bits per heavy atom. The number of aryl methyl sites for hydroxylation is 1. The Hall–Kier alpha value is -1.24. The normalized spacial score (nSPS) is 15.7. The quantitative estimate of drug-likeness (QED) is 0.622. The molecule has 1 heterocycles. The van der Waals surface area contributed by atoms with Gasteiger partial charge >= 0.3 is 0 Å². The van der Waals surface area contributed by atoms with Gasteiger partial charge in [-0.05, 0) is 44.9 Å². The van der Waals surface area contributed by atoms with Crippen LogP contribution in [0.25, 0.3) is 6.08 Å². The highest BCUT2D eigenvalue weighted by atomic mass is 16.5. The summed E-state index contributed by atoms with van der Waals surface area (Å²) in [7, 11) is 0. The molecule has 1 aliphatic rings. The maximum Gasteiger partial charge on any atom is 0.127 e. The second kappa shape index (κ2) is 5.39. The van der Waals surface area contributed by atoms with Crippen molar-refractivity contribution in [2.75, 3.05) is 0 Å². The van der Waals surface area contributed by atoms with E-state index in [1.165, 1.54) is 11.1 Å². The molecule has 2 rings (SSSR count). The standard InChI is InChI=1S/C12H14O.C4H10/c1-9-4-5-11-10(8-9)6-7-12(2,3)13-11;1-4(2)3/h4-8H,1-3H3;4H,1-3H3. The zero-order chi connectivity index (χ0) is 13.1. The molecule has 0 saturated carbocycles. The maximum absolute atomic E-state index is 5.79. The van der Waals surface area contributed by atoms with E-state index in [-0.39, 0.29) is 5.60 Å². The summed E-state index contributed by atoms with van der Waals surface area (Å²) in [5, 5.41) is 0. The Balaban J connectivity index is 0.000000317. The molecule has 94 valence electrons. The summed E-state index contributed by atoms with van der Waals surface area (Å²) in [5.74, 6) is 1.82. The third-order valence-electron chi connectivity index (χ3n) is 2.20. The van der Waals surface area contributed by atoms with Gasteiger partial charge in [-0.25, -0.2) is 0 Å². The molecule has 0 bridgehead atoms. The third kappa shape index (κ3) is 4.64. The first-order valence-electron chi connectivity index (χ1n) is 6.29. The molecule has 1 heteroatoms. The van der Waals surface area contributed by atoms with E-state index in [9.17, 15) is 0 Å². The zero-order valence-corrected chi connectivity index (χ0v) is 11.9.